The molecule has 1 amide bonds. The van der Waals surface area contributed by atoms with Crippen LogP contribution in [-0.2, 0) is 9.47 Å². The predicted molar refractivity (Wildman–Crippen MR) is 83.1 cm³/mol. The first kappa shape index (κ1) is 15.6. The minimum absolute atomic E-state index is 0.000673. The zero-order chi connectivity index (χ0) is 15.1. The van der Waals surface area contributed by atoms with Crippen LogP contribution in [0, 0.1) is 0 Å². The molecule has 2 rings (SSSR count). The molecule has 0 aromatic heterocycles. The molecule has 0 bridgehead atoms. The number of nitrogens with one attached hydrogen (secondary N) is 2. The zero-order valence-electron chi connectivity index (χ0n) is 12.6. The quantitative estimate of drug-likeness (QED) is 0.792. The van der Waals surface area contributed by atoms with Crippen LogP contribution in [0.15, 0.2) is 18.2 Å². The maximum Gasteiger partial charge on any atom is 0.254 e. The van der Waals surface area contributed by atoms with Gasteiger partial charge in [-0.2, -0.15) is 0 Å². The summed E-state index contributed by atoms with van der Waals surface area (Å²) in [6, 6.07) is 5.70. The first-order valence-electron chi connectivity index (χ1n) is 7.15. The van der Waals surface area contributed by atoms with Gasteiger partial charge in [0.1, 0.15) is 0 Å². The Kier molecular flexibility index (Phi) is 5.83. The third-order valence-electron chi connectivity index (χ3n) is 3.44. The molecule has 6 nitrogen and oxygen atoms in total. The summed E-state index contributed by atoms with van der Waals surface area (Å²) in [5.74, 6) is -0.000673. The number of ether oxygens (including phenoxy) is 2. The number of nitrogens with zero attached hydrogens (tertiary/aromatic N) is 1. The molecule has 1 heterocycles. The van der Waals surface area contributed by atoms with Gasteiger partial charge in [0.2, 0.25) is 0 Å². The minimum Gasteiger partial charge on any atom is -0.383 e. The molecule has 0 radical (unpaired) electrons. The number of anilines is 2. The van der Waals surface area contributed by atoms with Crippen molar-refractivity contribution in [3.8, 4) is 0 Å². The number of fused-ring (bicyclic) bond motifs is 1. The Hall–Kier alpha value is -1.79. The molecule has 116 valence electrons. The predicted octanol–water partition coefficient (Wildman–Crippen LogP) is 1.26. The third-order valence-corrected chi connectivity index (χ3v) is 3.44. The molecule has 2 N–H and O–H groups in total. The van der Waals surface area contributed by atoms with E-state index in [0.29, 0.717) is 31.9 Å². The second kappa shape index (κ2) is 7.85. The van der Waals surface area contributed by atoms with Gasteiger partial charge in [0.05, 0.1) is 24.6 Å². The first-order chi connectivity index (χ1) is 10.3. The number of rotatable bonds is 7. The van der Waals surface area contributed by atoms with Crippen molar-refractivity contribution >= 4 is 17.3 Å². The van der Waals surface area contributed by atoms with E-state index in [1.807, 2.05) is 18.2 Å². The highest BCUT2D eigenvalue weighted by molar-refractivity contribution is 5.96. The summed E-state index contributed by atoms with van der Waals surface area (Å²) in [4.78, 5) is 14.4. The van der Waals surface area contributed by atoms with Crippen LogP contribution in [0.4, 0.5) is 11.4 Å². The van der Waals surface area contributed by atoms with Crippen molar-refractivity contribution in [1.82, 2.24) is 4.90 Å². The second-order valence-electron chi connectivity index (χ2n) is 4.89. The van der Waals surface area contributed by atoms with Crippen LogP contribution in [0.2, 0.25) is 0 Å². The maximum atomic E-state index is 12.6. The Morgan fingerprint density at radius 3 is 2.33 bits per heavy atom. The van der Waals surface area contributed by atoms with Crippen LogP contribution in [0.1, 0.15) is 10.4 Å². The van der Waals surface area contributed by atoms with Crippen molar-refractivity contribution in [2.45, 2.75) is 0 Å². The van der Waals surface area contributed by atoms with Crippen molar-refractivity contribution < 1.29 is 14.3 Å². The molecular weight excluding hydrogens is 270 g/mol. The van der Waals surface area contributed by atoms with E-state index in [1.165, 1.54) is 0 Å². The average molecular weight is 293 g/mol. The molecule has 1 aliphatic rings. The Labute approximate surface area is 125 Å². The first-order valence-corrected chi connectivity index (χ1v) is 7.15. The lowest BCUT2D eigenvalue weighted by molar-refractivity contribution is 0.0627. The van der Waals surface area contributed by atoms with Crippen LogP contribution >= 0.6 is 0 Å². The van der Waals surface area contributed by atoms with Crippen LogP contribution in [0.3, 0.4) is 0 Å². The molecule has 0 saturated heterocycles. The second-order valence-corrected chi connectivity index (χ2v) is 4.89. The molecule has 0 atom stereocenters. The lowest BCUT2D eigenvalue weighted by Crippen LogP contribution is -2.36. The molecular formula is C15H23N3O3. The number of hydrogen-bond acceptors (Lipinski definition) is 5. The molecule has 1 aromatic carbocycles. The standard InChI is InChI=1S/C15H23N3O3/c1-20-9-7-18(8-10-21-2)15(19)12-3-4-13-14(11-12)17-6-5-16-13/h3-4,11,16-17H,5-10H2,1-2H3. The van der Waals surface area contributed by atoms with Gasteiger partial charge in [-0.15, -0.1) is 0 Å². The minimum atomic E-state index is -0.000673. The van der Waals surface area contributed by atoms with Gasteiger partial charge >= 0.3 is 0 Å². The number of amides is 1. The fraction of sp³-hybridized carbons (Fsp3) is 0.533. The van der Waals surface area contributed by atoms with Crippen LogP contribution < -0.4 is 10.6 Å². The number of hydrogen-bond donors (Lipinski definition) is 2. The van der Waals surface area contributed by atoms with E-state index >= 15 is 0 Å². The highest BCUT2D eigenvalue weighted by atomic mass is 16.5. The van der Waals surface area contributed by atoms with Crippen molar-refractivity contribution in [2.24, 2.45) is 0 Å². The van der Waals surface area contributed by atoms with E-state index in [0.717, 1.165) is 24.5 Å². The summed E-state index contributed by atoms with van der Waals surface area (Å²) in [5.41, 5.74) is 2.70. The average Bonchev–Trinajstić information content (AvgIpc) is 2.54. The largest absolute Gasteiger partial charge is 0.383 e. The lowest BCUT2D eigenvalue weighted by Gasteiger charge is -2.24. The van der Waals surface area contributed by atoms with Crippen LogP contribution in [0.25, 0.3) is 0 Å². The van der Waals surface area contributed by atoms with Gasteiger partial charge in [0.15, 0.2) is 0 Å². The normalized spacial score (nSPS) is 13.0. The fourth-order valence-corrected chi connectivity index (χ4v) is 2.27. The van der Waals surface area contributed by atoms with E-state index in [1.54, 1.807) is 19.1 Å². The summed E-state index contributed by atoms with van der Waals surface area (Å²) in [6.07, 6.45) is 0. The smallest absolute Gasteiger partial charge is 0.254 e. The van der Waals surface area contributed by atoms with Gasteiger partial charge in [0.25, 0.3) is 5.91 Å². The summed E-state index contributed by atoms with van der Waals surface area (Å²) in [5, 5.41) is 6.60. The van der Waals surface area contributed by atoms with Gasteiger partial charge in [-0.25, -0.2) is 0 Å². The summed E-state index contributed by atoms with van der Waals surface area (Å²) in [6.45, 7) is 3.90. The van der Waals surface area contributed by atoms with Crippen LogP contribution in [-0.4, -0.2) is 64.4 Å². The number of carbonyl (C=O) groups is 1. The Balaban J connectivity index is 2.11. The van der Waals surface area contributed by atoms with Crippen molar-refractivity contribution in [2.75, 3.05) is 64.2 Å². The Morgan fingerprint density at radius 1 is 1.10 bits per heavy atom. The zero-order valence-corrected chi connectivity index (χ0v) is 12.6. The fourth-order valence-electron chi connectivity index (χ4n) is 2.27. The van der Waals surface area contributed by atoms with E-state index in [9.17, 15) is 4.79 Å². The maximum absolute atomic E-state index is 12.6. The van der Waals surface area contributed by atoms with E-state index in [-0.39, 0.29) is 5.91 Å². The Bertz CT molecular complexity index is 471. The molecule has 6 heteroatoms. The summed E-state index contributed by atoms with van der Waals surface area (Å²) >= 11 is 0. The number of methoxy groups -OCH3 is 2. The molecule has 0 saturated carbocycles. The SMILES string of the molecule is COCCN(CCOC)C(=O)c1ccc2c(c1)NCCN2. The molecule has 1 aromatic rings. The molecule has 0 aliphatic carbocycles. The molecule has 1 aliphatic heterocycles. The lowest BCUT2D eigenvalue weighted by atomic mass is 10.1. The number of carbonyl (C=O) groups excluding carboxylic acids is 1. The van der Waals surface area contributed by atoms with E-state index < -0.39 is 0 Å². The van der Waals surface area contributed by atoms with Gasteiger partial charge in [-0.05, 0) is 18.2 Å². The molecule has 0 spiro atoms. The van der Waals surface area contributed by atoms with Gasteiger partial charge in [-0.3, -0.25) is 4.79 Å². The Morgan fingerprint density at radius 2 is 1.71 bits per heavy atom. The molecule has 21 heavy (non-hydrogen) atoms. The highest BCUT2D eigenvalue weighted by Gasteiger charge is 2.17. The van der Waals surface area contributed by atoms with E-state index in [2.05, 4.69) is 10.6 Å². The highest BCUT2D eigenvalue weighted by Crippen LogP contribution is 2.25. The van der Waals surface area contributed by atoms with Crippen molar-refractivity contribution in [3.05, 3.63) is 23.8 Å². The van der Waals surface area contributed by atoms with Gasteiger partial charge < -0.3 is 25.0 Å². The van der Waals surface area contributed by atoms with E-state index in [4.69, 9.17) is 9.47 Å². The summed E-state index contributed by atoms with van der Waals surface area (Å²) < 4.78 is 10.1. The van der Waals surface area contributed by atoms with Crippen molar-refractivity contribution in [3.63, 3.8) is 0 Å². The van der Waals surface area contributed by atoms with Gasteiger partial charge in [-0.1, -0.05) is 0 Å². The van der Waals surface area contributed by atoms with Gasteiger partial charge in [0, 0.05) is 46.0 Å². The van der Waals surface area contributed by atoms with Crippen LogP contribution in [0.5, 0.6) is 0 Å². The molecule has 0 unspecified atom stereocenters. The summed E-state index contributed by atoms with van der Waals surface area (Å²) in [7, 11) is 3.26. The number of benzene rings is 1. The third kappa shape index (κ3) is 4.09. The molecule has 0 fully saturated rings. The monoisotopic (exact) mass is 293 g/mol. The topological polar surface area (TPSA) is 62.8 Å². The van der Waals surface area contributed by atoms with Crippen molar-refractivity contribution in [1.29, 1.82) is 0 Å².